The van der Waals surface area contributed by atoms with E-state index in [1.807, 2.05) is 36.4 Å². The van der Waals surface area contributed by atoms with E-state index in [9.17, 15) is 9.36 Å². The van der Waals surface area contributed by atoms with Gasteiger partial charge in [-0.05, 0) is 32.0 Å². The first-order chi connectivity index (χ1) is 10.9. The van der Waals surface area contributed by atoms with Crippen molar-refractivity contribution in [3.63, 3.8) is 0 Å². The maximum absolute atomic E-state index is 12.6. The van der Waals surface area contributed by atoms with Crippen LogP contribution in [0.2, 0.25) is 0 Å². The number of hydrogen-bond donors (Lipinski definition) is 0. The summed E-state index contributed by atoms with van der Waals surface area (Å²) in [4.78, 5) is 11.5. The minimum Gasteiger partial charge on any atom is -0.465 e. The van der Waals surface area contributed by atoms with Crippen molar-refractivity contribution < 1.29 is 18.6 Å². The second-order valence-electron chi connectivity index (χ2n) is 4.98. The number of allylic oxidation sites excluding steroid dienone is 3. The van der Waals surface area contributed by atoms with E-state index < -0.39 is 12.8 Å². The van der Waals surface area contributed by atoms with Gasteiger partial charge in [-0.15, -0.1) is 0 Å². The molecule has 0 bridgehead atoms. The van der Waals surface area contributed by atoms with Gasteiger partial charge in [0.1, 0.15) is 12.3 Å². The average molecular weight is 356 g/mol. The van der Waals surface area contributed by atoms with Gasteiger partial charge in [-0.25, -0.2) is 9.24 Å². The first-order valence-corrected chi connectivity index (χ1v) is 9.74. The third-order valence-corrected chi connectivity index (χ3v) is 5.66. The summed E-state index contributed by atoms with van der Waals surface area (Å²) in [6, 6.07) is 5.48. The Hall–Kier alpha value is -1.55. The predicted octanol–water partition coefficient (Wildman–Crippen LogP) is 4.03. The third kappa shape index (κ3) is 4.71. The molecule has 0 spiro atoms. The van der Waals surface area contributed by atoms with Gasteiger partial charge < -0.3 is 9.26 Å². The second-order valence-corrected chi connectivity index (χ2v) is 8.03. The topological polar surface area (TPSA) is 55.8 Å². The smallest absolute Gasteiger partial charge is 0.412 e. The first-order valence-electron chi connectivity index (χ1n) is 7.25. The summed E-state index contributed by atoms with van der Waals surface area (Å²) < 4.78 is 24.2. The Bertz CT molecular complexity index is 687. The van der Waals surface area contributed by atoms with Crippen molar-refractivity contribution >= 4 is 30.2 Å². The third-order valence-electron chi connectivity index (χ3n) is 3.30. The van der Waals surface area contributed by atoms with Crippen LogP contribution in [0, 0.1) is 0 Å². The normalized spacial score (nSPS) is 15.7. The zero-order valence-corrected chi connectivity index (χ0v) is 14.7. The van der Waals surface area contributed by atoms with Crippen LogP contribution in [0.1, 0.15) is 18.1 Å². The Balaban J connectivity index is 2.18. The van der Waals surface area contributed by atoms with Crippen molar-refractivity contribution in [3.8, 4) is 5.75 Å². The lowest BCUT2D eigenvalue weighted by Gasteiger charge is -2.23. The van der Waals surface area contributed by atoms with Crippen LogP contribution in [-0.2, 0) is 20.5 Å². The van der Waals surface area contributed by atoms with Crippen LogP contribution in [0.3, 0.4) is 0 Å². The molecule has 5 nitrogen and oxygen atoms in total. The van der Waals surface area contributed by atoms with Gasteiger partial charge in [0, 0.05) is 16.8 Å². The van der Waals surface area contributed by atoms with Crippen LogP contribution >= 0.6 is 18.1 Å². The fourth-order valence-electron chi connectivity index (χ4n) is 2.14. The lowest BCUT2D eigenvalue weighted by molar-refractivity contribution is -0.143. The van der Waals surface area contributed by atoms with Gasteiger partial charge in [-0.3, -0.25) is 4.79 Å². The van der Waals surface area contributed by atoms with Crippen molar-refractivity contribution in [3.05, 3.63) is 47.6 Å². The zero-order valence-electron chi connectivity index (χ0n) is 13.1. The number of rotatable bonds is 6. The zero-order chi connectivity index (χ0) is 16.9. The summed E-state index contributed by atoms with van der Waals surface area (Å²) >= 11 is 6.06. The number of esters is 1. The molecule has 1 aliphatic carbocycles. The monoisotopic (exact) mass is 355 g/mol. The van der Waals surface area contributed by atoms with Gasteiger partial charge in [-0.1, -0.05) is 36.4 Å². The first kappa shape index (κ1) is 17.8. The van der Waals surface area contributed by atoms with E-state index >= 15 is 0 Å². The van der Waals surface area contributed by atoms with Crippen molar-refractivity contribution in [1.29, 1.82) is 0 Å². The van der Waals surface area contributed by atoms with E-state index in [-0.39, 0.29) is 13.2 Å². The Morgan fingerprint density at radius 2 is 2.17 bits per heavy atom. The maximum atomic E-state index is 12.6. The van der Waals surface area contributed by atoms with Crippen LogP contribution in [0.15, 0.2) is 36.4 Å². The van der Waals surface area contributed by atoms with Crippen molar-refractivity contribution in [2.75, 3.05) is 20.2 Å². The molecule has 0 aromatic heterocycles. The molecule has 2 rings (SSSR count). The second kappa shape index (κ2) is 7.82. The van der Waals surface area contributed by atoms with Gasteiger partial charge in [-0.2, -0.15) is 0 Å². The summed E-state index contributed by atoms with van der Waals surface area (Å²) in [6.07, 6.45) is 8.46. The lowest BCUT2D eigenvalue weighted by Crippen LogP contribution is -2.25. The molecule has 124 valence electrons. The SMILES string of the molecule is CCOC(=O)CN(C)P(=O)(Cl)Oc1cccc2c1CC=CC=C2. The predicted molar refractivity (Wildman–Crippen MR) is 91.7 cm³/mol. The van der Waals surface area contributed by atoms with E-state index in [1.54, 1.807) is 13.0 Å². The van der Waals surface area contributed by atoms with Crippen LogP contribution in [0.25, 0.3) is 6.08 Å². The molecular formula is C16H19ClNO4P. The lowest BCUT2D eigenvalue weighted by atomic mass is 10.0. The molecule has 0 radical (unpaired) electrons. The minimum atomic E-state index is -3.69. The fraction of sp³-hybridized carbons (Fsp3) is 0.312. The summed E-state index contributed by atoms with van der Waals surface area (Å²) in [5.41, 5.74) is 1.89. The number of halogens is 1. The molecule has 0 amide bonds. The number of ether oxygens (including phenoxy) is 1. The largest absolute Gasteiger partial charge is 0.465 e. The van der Waals surface area contributed by atoms with Crippen molar-refractivity contribution in [2.45, 2.75) is 13.3 Å². The molecule has 1 atom stereocenters. The van der Waals surface area contributed by atoms with Gasteiger partial charge in [0.05, 0.1) is 6.61 Å². The molecule has 0 saturated heterocycles. The summed E-state index contributed by atoms with van der Waals surface area (Å²) in [6.45, 7) is -1.93. The minimum absolute atomic E-state index is 0.205. The summed E-state index contributed by atoms with van der Waals surface area (Å²) in [5.74, 6) is -0.0509. The van der Waals surface area contributed by atoms with E-state index in [1.165, 1.54) is 11.7 Å². The number of likely N-dealkylation sites (N-methyl/N-ethyl adjacent to an activating group) is 1. The number of carbonyl (C=O) groups excluding carboxylic acids is 1. The molecule has 1 unspecified atom stereocenters. The number of benzene rings is 1. The average Bonchev–Trinajstić information content (AvgIpc) is 2.73. The van der Waals surface area contributed by atoms with E-state index in [0.717, 1.165) is 11.1 Å². The highest BCUT2D eigenvalue weighted by Gasteiger charge is 2.31. The molecule has 0 aliphatic heterocycles. The van der Waals surface area contributed by atoms with Gasteiger partial charge in [0.15, 0.2) is 0 Å². The molecule has 1 aromatic rings. The molecule has 1 aromatic carbocycles. The summed E-state index contributed by atoms with van der Waals surface area (Å²) in [7, 11) is 1.46. The highest BCUT2D eigenvalue weighted by molar-refractivity contribution is 7.83. The molecule has 0 saturated carbocycles. The molecule has 23 heavy (non-hydrogen) atoms. The quantitative estimate of drug-likeness (QED) is 0.569. The highest BCUT2D eigenvalue weighted by Crippen LogP contribution is 2.55. The van der Waals surface area contributed by atoms with E-state index in [0.29, 0.717) is 12.2 Å². The van der Waals surface area contributed by atoms with Crippen LogP contribution in [-0.4, -0.2) is 30.8 Å². The van der Waals surface area contributed by atoms with Gasteiger partial charge >= 0.3 is 12.8 Å². The Kier molecular flexibility index (Phi) is 6.05. The number of fused-ring (bicyclic) bond motifs is 1. The number of nitrogens with zero attached hydrogens (tertiary/aromatic N) is 1. The highest BCUT2D eigenvalue weighted by atomic mass is 35.7. The van der Waals surface area contributed by atoms with Crippen LogP contribution < -0.4 is 4.52 Å². The molecule has 0 heterocycles. The maximum Gasteiger partial charge on any atom is 0.412 e. The van der Waals surface area contributed by atoms with Crippen LogP contribution in [0.4, 0.5) is 0 Å². The molecule has 7 heteroatoms. The number of hydrogen-bond acceptors (Lipinski definition) is 4. The van der Waals surface area contributed by atoms with Crippen molar-refractivity contribution in [2.24, 2.45) is 0 Å². The molecule has 0 N–H and O–H groups in total. The summed E-state index contributed by atoms with van der Waals surface area (Å²) in [5, 5.41) is 0. The van der Waals surface area contributed by atoms with Crippen LogP contribution in [0.5, 0.6) is 5.75 Å². The molecule has 1 aliphatic rings. The van der Waals surface area contributed by atoms with E-state index in [4.69, 9.17) is 20.5 Å². The number of carbonyl (C=O) groups is 1. The van der Waals surface area contributed by atoms with Gasteiger partial charge in [0.25, 0.3) is 0 Å². The fourth-order valence-corrected chi connectivity index (χ4v) is 3.36. The molecular weight excluding hydrogens is 337 g/mol. The van der Waals surface area contributed by atoms with Crippen molar-refractivity contribution in [1.82, 2.24) is 4.67 Å². The standard InChI is InChI=1S/C16H19ClNO4P/c1-3-21-16(19)12-18(2)23(17,20)22-15-11-7-9-13-8-5-4-6-10-14(13)15/h4-9,11H,3,10,12H2,1-2H3. The Morgan fingerprint density at radius 3 is 2.91 bits per heavy atom. The molecule has 0 fully saturated rings. The van der Waals surface area contributed by atoms with E-state index in [2.05, 4.69) is 0 Å². The Morgan fingerprint density at radius 1 is 1.39 bits per heavy atom. The van der Waals surface area contributed by atoms with Gasteiger partial charge in [0.2, 0.25) is 0 Å². The Labute approximate surface area is 140 Å².